The zero-order valence-corrected chi connectivity index (χ0v) is 17.9. The number of methoxy groups -OCH3 is 1. The minimum atomic E-state index is -3.17. The van der Waals surface area contributed by atoms with Gasteiger partial charge in [0, 0.05) is 12.6 Å². The van der Waals surface area contributed by atoms with Crippen molar-refractivity contribution in [2.75, 3.05) is 18.6 Å². The molecular weight excluding hydrogens is 409 g/mol. The van der Waals surface area contributed by atoms with E-state index in [1.54, 1.807) is 24.1 Å². The van der Waals surface area contributed by atoms with Crippen molar-refractivity contribution in [3.05, 3.63) is 59.9 Å². The highest BCUT2D eigenvalue weighted by molar-refractivity contribution is 7.91. The maximum atomic E-state index is 13.4. The SMILES string of the molecule is CCC(Oc1ccc(F)cc1)C(=O)N(Cc1ccc(OC)cc1)C1CCS(=O)(=O)C1. The second-order valence-corrected chi connectivity index (χ2v) is 9.57. The minimum absolute atomic E-state index is 0.0537. The summed E-state index contributed by atoms with van der Waals surface area (Å²) in [6.45, 7) is 2.09. The lowest BCUT2D eigenvalue weighted by molar-refractivity contribution is -0.141. The van der Waals surface area contributed by atoms with E-state index in [1.807, 2.05) is 19.1 Å². The summed E-state index contributed by atoms with van der Waals surface area (Å²) >= 11 is 0. The largest absolute Gasteiger partial charge is 0.497 e. The highest BCUT2D eigenvalue weighted by atomic mass is 32.2. The van der Waals surface area contributed by atoms with E-state index < -0.39 is 22.0 Å². The fourth-order valence-electron chi connectivity index (χ4n) is 3.51. The first-order valence-corrected chi connectivity index (χ1v) is 11.7. The summed E-state index contributed by atoms with van der Waals surface area (Å²) in [6.07, 6.45) is 0.00319. The number of amides is 1. The highest BCUT2D eigenvalue weighted by Gasteiger charge is 2.37. The third kappa shape index (κ3) is 5.50. The summed E-state index contributed by atoms with van der Waals surface area (Å²) in [5, 5.41) is 0. The number of hydrogen-bond donors (Lipinski definition) is 0. The monoisotopic (exact) mass is 435 g/mol. The van der Waals surface area contributed by atoms with Crippen LogP contribution in [0.5, 0.6) is 11.5 Å². The summed E-state index contributed by atoms with van der Waals surface area (Å²) in [7, 11) is -1.59. The Hall–Kier alpha value is -2.61. The van der Waals surface area contributed by atoms with Crippen LogP contribution in [0.4, 0.5) is 4.39 Å². The van der Waals surface area contributed by atoms with Crippen LogP contribution < -0.4 is 9.47 Å². The molecule has 0 bridgehead atoms. The number of ether oxygens (including phenoxy) is 2. The predicted molar refractivity (Wildman–Crippen MR) is 112 cm³/mol. The number of sulfone groups is 1. The molecule has 6 nitrogen and oxygen atoms in total. The van der Waals surface area contributed by atoms with Gasteiger partial charge in [-0.15, -0.1) is 0 Å². The topological polar surface area (TPSA) is 72.9 Å². The molecule has 2 unspecified atom stereocenters. The van der Waals surface area contributed by atoms with Crippen molar-refractivity contribution >= 4 is 15.7 Å². The predicted octanol–water partition coefficient (Wildman–Crippen LogP) is 3.21. The van der Waals surface area contributed by atoms with Gasteiger partial charge in [-0.1, -0.05) is 19.1 Å². The molecule has 2 aromatic rings. The van der Waals surface area contributed by atoms with Crippen LogP contribution in [0.1, 0.15) is 25.3 Å². The fraction of sp³-hybridized carbons (Fsp3) is 0.409. The number of carbonyl (C=O) groups excluding carboxylic acids is 1. The van der Waals surface area contributed by atoms with Gasteiger partial charge in [0.1, 0.15) is 17.3 Å². The molecule has 0 spiro atoms. The van der Waals surface area contributed by atoms with Gasteiger partial charge in [-0.05, 0) is 54.8 Å². The molecule has 0 radical (unpaired) electrons. The summed E-state index contributed by atoms with van der Waals surface area (Å²) in [6, 6.07) is 12.4. The molecule has 8 heteroatoms. The Morgan fingerprint density at radius 3 is 2.30 bits per heavy atom. The zero-order valence-electron chi connectivity index (χ0n) is 17.1. The fourth-order valence-corrected chi connectivity index (χ4v) is 5.24. The third-order valence-corrected chi connectivity index (χ3v) is 6.93. The van der Waals surface area contributed by atoms with Gasteiger partial charge in [-0.3, -0.25) is 4.79 Å². The number of carbonyl (C=O) groups is 1. The molecule has 2 aromatic carbocycles. The van der Waals surface area contributed by atoms with Crippen molar-refractivity contribution in [2.45, 2.75) is 38.5 Å². The minimum Gasteiger partial charge on any atom is -0.497 e. The van der Waals surface area contributed by atoms with Gasteiger partial charge in [0.05, 0.1) is 18.6 Å². The molecule has 3 rings (SSSR count). The van der Waals surface area contributed by atoms with Crippen molar-refractivity contribution < 1.29 is 27.1 Å². The zero-order chi connectivity index (χ0) is 21.7. The molecular formula is C22H26FNO5S. The molecule has 1 fully saturated rings. The van der Waals surface area contributed by atoms with Crippen LogP contribution in [0.3, 0.4) is 0 Å². The molecule has 0 N–H and O–H groups in total. The van der Waals surface area contributed by atoms with Gasteiger partial charge >= 0.3 is 0 Å². The third-order valence-electron chi connectivity index (χ3n) is 5.18. The molecule has 1 amide bonds. The van der Waals surface area contributed by atoms with Crippen LogP contribution in [-0.2, 0) is 21.2 Å². The normalized spacial score (nSPS) is 18.6. The van der Waals surface area contributed by atoms with Crippen LogP contribution in [0.2, 0.25) is 0 Å². The molecule has 1 saturated heterocycles. The lowest BCUT2D eigenvalue weighted by Crippen LogP contribution is -2.47. The van der Waals surface area contributed by atoms with Crippen LogP contribution in [0, 0.1) is 5.82 Å². The number of benzene rings is 2. The summed E-state index contributed by atoms with van der Waals surface area (Å²) < 4.78 is 48.3. The van der Waals surface area contributed by atoms with Crippen LogP contribution in [-0.4, -0.2) is 50.0 Å². The van der Waals surface area contributed by atoms with Gasteiger partial charge in [0.2, 0.25) is 0 Å². The number of hydrogen-bond acceptors (Lipinski definition) is 5. The molecule has 162 valence electrons. The van der Waals surface area contributed by atoms with E-state index in [0.717, 1.165) is 5.56 Å². The Morgan fingerprint density at radius 1 is 1.13 bits per heavy atom. The van der Waals surface area contributed by atoms with Gasteiger partial charge in [0.15, 0.2) is 15.9 Å². The van der Waals surface area contributed by atoms with Crippen LogP contribution in [0.15, 0.2) is 48.5 Å². The average Bonchev–Trinajstić information content (AvgIpc) is 3.11. The summed E-state index contributed by atoms with van der Waals surface area (Å²) in [5.41, 5.74) is 0.866. The average molecular weight is 436 g/mol. The van der Waals surface area contributed by atoms with Gasteiger partial charge < -0.3 is 14.4 Å². The molecule has 0 aromatic heterocycles. The van der Waals surface area contributed by atoms with Gasteiger partial charge in [0.25, 0.3) is 5.91 Å². The molecule has 0 saturated carbocycles. The van der Waals surface area contributed by atoms with Crippen molar-refractivity contribution in [1.29, 1.82) is 0 Å². The Balaban J connectivity index is 1.82. The Labute approximate surface area is 176 Å². The van der Waals surface area contributed by atoms with E-state index in [-0.39, 0.29) is 29.8 Å². The van der Waals surface area contributed by atoms with Gasteiger partial charge in [-0.2, -0.15) is 0 Å². The highest BCUT2D eigenvalue weighted by Crippen LogP contribution is 2.24. The van der Waals surface area contributed by atoms with E-state index in [0.29, 0.717) is 24.3 Å². The first kappa shape index (κ1) is 22.1. The van der Waals surface area contributed by atoms with E-state index >= 15 is 0 Å². The number of rotatable bonds is 8. The number of halogens is 1. The molecule has 2 atom stereocenters. The molecule has 1 aliphatic heterocycles. The van der Waals surface area contributed by atoms with Crippen molar-refractivity contribution in [3.8, 4) is 11.5 Å². The maximum Gasteiger partial charge on any atom is 0.264 e. The Kier molecular flexibility index (Phi) is 6.97. The smallest absolute Gasteiger partial charge is 0.264 e. The van der Waals surface area contributed by atoms with Crippen molar-refractivity contribution in [1.82, 2.24) is 4.90 Å². The summed E-state index contributed by atoms with van der Waals surface area (Å²) in [5.74, 6) is 0.437. The summed E-state index contributed by atoms with van der Waals surface area (Å²) in [4.78, 5) is 15.0. The molecule has 1 aliphatic rings. The van der Waals surface area contributed by atoms with Crippen LogP contribution in [0.25, 0.3) is 0 Å². The van der Waals surface area contributed by atoms with E-state index in [2.05, 4.69) is 0 Å². The van der Waals surface area contributed by atoms with Crippen molar-refractivity contribution in [3.63, 3.8) is 0 Å². The second-order valence-electron chi connectivity index (χ2n) is 7.34. The number of nitrogens with zero attached hydrogens (tertiary/aromatic N) is 1. The van der Waals surface area contributed by atoms with Crippen molar-refractivity contribution in [2.24, 2.45) is 0 Å². The lowest BCUT2D eigenvalue weighted by atomic mass is 10.1. The molecule has 0 aliphatic carbocycles. The van der Waals surface area contributed by atoms with E-state index in [1.165, 1.54) is 24.3 Å². The van der Waals surface area contributed by atoms with Gasteiger partial charge in [-0.25, -0.2) is 12.8 Å². The first-order valence-electron chi connectivity index (χ1n) is 9.87. The Morgan fingerprint density at radius 2 is 1.77 bits per heavy atom. The molecule has 1 heterocycles. The second kappa shape index (κ2) is 9.47. The first-order chi connectivity index (χ1) is 14.3. The standard InChI is InChI=1S/C22H26FNO5S/c1-3-21(29-20-10-6-17(23)7-11-20)22(25)24(18-12-13-30(26,27)15-18)14-16-4-8-19(28-2)9-5-16/h4-11,18,21H,3,12-15H2,1-2H3. The van der Waals surface area contributed by atoms with E-state index in [4.69, 9.17) is 9.47 Å². The lowest BCUT2D eigenvalue weighted by Gasteiger charge is -2.32. The van der Waals surface area contributed by atoms with E-state index in [9.17, 15) is 17.6 Å². The van der Waals surface area contributed by atoms with Crippen LogP contribution >= 0.6 is 0 Å². The Bertz CT molecular complexity index is 960. The molecule has 30 heavy (non-hydrogen) atoms. The maximum absolute atomic E-state index is 13.4. The quantitative estimate of drug-likeness (QED) is 0.637.